The molecule has 27 heavy (non-hydrogen) atoms. The maximum absolute atomic E-state index is 13.0. The maximum Gasteiger partial charge on any atom is 0.257 e. The van der Waals surface area contributed by atoms with Gasteiger partial charge in [-0.15, -0.1) is 0 Å². The van der Waals surface area contributed by atoms with Gasteiger partial charge in [0.25, 0.3) is 5.91 Å². The largest absolute Gasteiger partial charge is 0.497 e. The smallest absolute Gasteiger partial charge is 0.257 e. The molecule has 1 atom stereocenters. The van der Waals surface area contributed by atoms with E-state index in [1.54, 1.807) is 17.8 Å². The number of hydrogen-bond acceptors (Lipinski definition) is 4. The number of rotatable bonds is 5. The zero-order valence-electron chi connectivity index (χ0n) is 15.4. The molecule has 6 nitrogen and oxygen atoms in total. The molecule has 1 saturated heterocycles. The Morgan fingerprint density at radius 3 is 3.00 bits per heavy atom. The third-order valence-electron chi connectivity index (χ3n) is 4.99. The van der Waals surface area contributed by atoms with Crippen molar-refractivity contribution in [3.63, 3.8) is 0 Å². The van der Waals surface area contributed by atoms with Crippen LogP contribution in [0.5, 0.6) is 11.5 Å². The molecule has 3 aromatic rings. The van der Waals surface area contributed by atoms with Crippen LogP contribution in [0.4, 0.5) is 0 Å². The topological polar surface area (TPSA) is 56.1 Å². The van der Waals surface area contributed by atoms with Gasteiger partial charge in [-0.3, -0.25) is 4.79 Å². The second kappa shape index (κ2) is 7.70. The average molecular weight is 365 g/mol. The van der Waals surface area contributed by atoms with Crippen molar-refractivity contribution in [2.24, 2.45) is 5.92 Å². The molecule has 0 bridgehead atoms. The third kappa shape index (κ3) is 3.74. The number of amides is 1. The van der Waals surface area contributed by atoms with E-state index < -0.39 is 0 Å². The molecule has 1 aliphatic heterocycles. The Bertz CT molecular complexity index is 937. The molecule has 1 fully saturated rings. The van der Waals surface area contributed by atoms with Gasteiger partial charge in [0.15, 0.2) is 0 Å². The number of ether oxygens (including phenoxy) is 2. The van der Waals surface area contributed by atoms with Gasteiger partial charge in [0.2, 0.25) is 0 Å². The molecule has 0 N–H and O–H groups in total. The predicted molar refractivity (Wildman–Crippen MR) is 102 cm³/mol. The Labute approximate surface area is 158 Å². The van der Waals surface area contributed by atoms with Gasteiger partial charge in [-0.25, -0.2) is 4.52 Å². The first-order valence-corrected chi connectivity index (χ1v) is 9.23. The molecule has 0 saturated carbocycles. The highest BCUT2D eigenvalue weighted by Crippen LogP contribution is 2.23. The number of carbonyl (C=O) groups excluding carboxylic acids is 1. The van der Waals surface area contributed by atoms with Crippen LogP contribution in [0.25, 0.3) is 5.52 Å². The summed E-state index contributed by atoms with van der Waals surface area (Å²) in [6, 6.07) is 13.4. The van der Waals surface area contributed by atoms with Crippen LogP contribution in [0.2, 0.25) is 0 Å². The number of pyridine rings is 1. The van der Waals surface area contributed by atoms with Crippen molar-refractivity contribution in [1.82, 2.24) is 14.5 Å². The Balaban J connectivity index is 1.41. The SMILES string of the molecule is COc1cccc(OC[C@H]2CCCN(C(=O)c3cnn4ccccc34)C2)c1. The van der Waals surface area contributed by atoms with E-state index in [-0.39, 0.29) is 5.91 Å². The van der Waals surface area contributed by atoms with Crippen molar-refractivity contribution < 1.29 is 14.3 Å². The van der Waals surface area contributed by atoms with Gasteiger partial charge in [-0.05, 0) is 37.1 Å². The van der Waals surface area contributed by atoms with Gasteiger partial charge in [0.1, 0.15) is 11.5 Å². The Hall–Kier alpha value is -3.02. The molecular weight excluding hydrogens is 342 g/mol. The third-order valence-corrected chi connectivity index (χ3v) is 4.99. The lowest BCUT2D eigenvalue weighted by molar-refractivity contribution is 0.0635. The molecule has 0 unspecified atom stereocenters. The number of likely N-dealkylation sites (tertiary alicyclic amines) is 1. The number of hydrogen-bond donors (Lipinski definition) is 0. The second-order valence-corrected chi connectivity index (χ2v) is 6.84. The van der Waals surface area contributed by atoms with E-state index in [2.05, 4.69) is 5.10 Å². The molecule has 4 rings (SSSR count). The summed E-state index contributed by atoms with van der Waals surface area (Å²) in [4.78, 5) is 14.9. The predicted octanol–water partition coefficient (Wildman–Crippen LogP) is 3.27. The maximum atomic E-state index is 13.0. The first-order valence-electron chi connectivity index (χ1n) is 9.23. The number of benzene rings is 1. The standard InChI is InChI=1S/C21H23N3O3/c1-26-17-7-4-8-18(12-17)27-15-16-6-5-10-23(14-16)21(25)19-13-22-24-11-3-2-9-20(19)24/h2-4,7-9,11-13,16H,5-6,10,14-15H2,1H3/t16-/m0/s1. The summed E-state index contributed by atoms with van der Waals surface area (Å²) in [5.74, 6) is 1.93. The monoisotopic (exact) mass is 365 g/mol. The van der Waals surface area contributed by atoms with Crippen LogP contribution in [0.15, 0.2) is 54.9 Å². The van der Waals surface area contributed by atoms with Gasteiger partial charge in [-0.1, -0.05) is 12.1 Å². The number of nitrogens with zero attached hydrogens (tertiary/aromatic N) is 3. The van der Waals surface area contributed by atoms with Crippen molar-refractivity contribution in [2.75, 3.05) is 26.8 Å². The molecule has 0 aliphatic carbocycles. The highest BCUT2D eigenvalue weighted by atomic mass is 16.5. The van der Waals surface area contributed by atoms with E-state index in [1.807, 2.05) is 53.6 Å². The lowest BCUT2D eigenvalue weighted by Gasteiger charge is -2.32. The minimum absolute atomic E-state index is 0.0438. The van der Waals surface area contributed by atoms with Gasteiger partial charge >= 0.3 is 0 Å². The normalized spacial score (nSPS) is 17.1. The first kappa shape index (κ1) is 17.4. The molecule has 2 aromatic heterocycles. The first-order chi connectivity index (χ1) is 13.2. The average Bonchev–Trinajstić information content (AvgIpc) is 3.16. The van der Waals surface area contributed by atoms with E-state index in [0.717, 1.165) is 36.4 Å². The van der Waals surface area contributed by atoms with E-state index in [4.69, 9.17) is 9.47 Å². The lowest BCUT2D eigenvalue weighted by atomic mass is 9.98. The molecule has 1 aromatic carbocycles. The Morgan fingerprint density at radius 2 is 2.11 bits per heavy atom. The highest BCUT2D eigenvalue weighted by molar-refractivity contribution is 6.00. The van der Waals surface area contributed by atoms with E-state index in [1.165, 1.54) is 0 Å². The molecular formula is C21H23N3O3. The van der Waals surface area contributed by atoms with E-state index in [9.17, 15) is 4.79 Å². The summed E-state index contributed by atoms with van der Waals surface area (Å²) in [5, 5.41) is 4.28. The minimum atomic E-state index is 0.0438. The second-order valence-electron chi connectivity index (χ2n) is 6.84. The van der Waals surface area contributed by atoms with Crippen LogP contribution >= 0.6 is 0 Å². The highest BCUT2D eigenvalue weighted by Gasteiger charge is 2.26. The summed E-state index contributed by atoms with van der Waals surface area (Å²) < 4.78 is 12.9. The van der Waals surface area contributed by atoms with Crippen LogP contribution in [0.3, 0.4) is 0 Å². The van der Waals surface area contributed by atoms with Crippen LogP contribution in [-0.2, 0) is 0 Å². The van der Waals surface area contributed by atoms with E-state index >= 15 is 0 Å². The fourth-order valence-electron chi connectivity index (χ4n) is 3.56. The van der Waals surface area contributed by atoms with Crippen LogP contribution in [-0.4, -0.2) is 47.2 Å². The fraction of sp³-hybridized carbons (Fsp3) is 0.333. The number of fused-ring (bicyclic) bond motifs is 1. The van der Waals surface area contributed by atoms with Gasteiger partial charge in [0.05, 0.1) is 31.0 Å². The van der Waals surface area contributed by atoms with Crippen molar-refractivity contribution in [2.45, 2.75) is 12.8 Å². The van der Waals surface area contributed by atoms with Crippen molar-refractivity contribution in [3.05, 3.63) is 60.4 Å². The molecule has 1 aliphatic rings. The fourth-order valence-corrected chi connectivity index (χ4v) is 3.56. The number of piperidine rings is 1. The molecule has 3 heterocycles. The van der Waals surface area contributed by atoms with Crippen molar-refractivity contribution in [3.8, 4) is 11.5 Å². The van der Waals surface area contributed by atoms with Crippen LogP contribution < -0.4 is 9.47 Å². The number of carbonyl (C=O) groups is 1. The zero-order valence-corrected chi connectivity index (χ0v) is 15.4. The Morgan fingerprint density at radius 1 is 1.22 bits per heavy atom. The lowest BCUT2D eigenvalue weighted by Crippen LogP contribution is -2.41. The summed E-state index contributed by atoms with van der Waals surface area (Å²) >= 11 is 0. The molecule has 0 radical (unpaired) electrons. The summed E-state index contributed by atoms with van der Waals surface area (Å²) in [5.41, 5.74) is 1.50. The van der Waals surface area contributed by atoms with E-state index in [0.29, 0.717) is 24.6 Å². The zero-order chi connectivity index (χ0) is 18.6. The quantitative estimate of drug-likeness (QED) is 0.696. The van der Waals surface area contributed by atoms with Crippen LogP contribution in [0, 0.1) is 5.92 Å². The summed E-state index contributed by atoms with van der Waals surface area (Å²) in [6.07, 6.45) is 5.56. The van der Waals surface area contributed by atoms with Gasteiger partial charge < -0.3 is 14.4 Å². The number of methoxy groups -OCH3 is 1. The molecule has 0 spiro atoms. The number of aromatic nitrogens is 2. The minimum Gasteiger partial charge on any atom is -0.497 e. The summed E-state index contributed by atoms with van der Waals surface area (Å²) in [6.45, 7) is 2.07. The van der Waals surface area contributed by atoms with Crippen LogP contribution in [0.1, 0.15) is 23.2 Å². The molecule has 6 heteroatoms. The van der Waals surface area contributed by atoms with Crippen molar-refractivity contribution in [1.29, 1.82) is 0 Å². The van der Waals surface area contributed by atoms with Gasteiger partial charge in [0, 0.05) is 31.3 Å². The molecule has 140 valence electrons. The molecule has 1 amide bonds. The van der Waals surface area contributed by atoms with Gasteiger partial charge in [-0.2, -0.15) is 5.10 Å². The van der Waals surface area contributed by atoms with Crippen molar-refractivity contribution >= 4 is 11.4 Å². The summed E-state index contributed by atoms with van der Waals surface area (Å²) in [7, 11) is 1.64. The Kier molecular flexibility index (Phi) is 4.96.